The molecule has 16 heavy (non-hydrogen) atoms. The molecule has 4 heteroatoms. The summed E-state index contributed by atoms with van der Waals surface area (Å²) >= 11 is 3.89. The summed E-state index contributed by atoms with van der Waals surface area (Å²) in [6.45, 7) is 4.53. The molecule has 2 aliphatic rings. The lowest BCUT2D eigenvalue weighted by Crippen LogP contribution is -2.46. The van der Waals surface area contributed by atoms with E-state index in [4.69, 9.17) is 4.99 Å². The topological polar surface area (TPSA) is 24.4 Å². The van der Waals surface area contributed by atoms with Gasteiger partial charge in [-0.25, -0.2) is 0 Å². The second-order valence-corrected chi connectivity index (χ2v) is 7.59. The van der Waals surface area contributed by atoms with Crippen LogP contribution in [0.15, 0.2) is 4.99 Å². The van der Waals surface area contributed by atoms with E-state index >= 15 is 0 Å². The van der Waals surface area contributed by atoms with Crippen LogP contribution >= 0.6 is 23.5 Å². The summed E-state index contributed by atoms with van der Waals surface area (Å²) < 4.78 is 0. The van der Waals surface area contributed by atoms with Gasteiger partial charge in [0, 0.05) is 16.5 Å². The van der Waals surface area contributed by atoms with E-state index in [1.165, 1.54) is 36.6 Å². The minimum absolute atomic E-state index is 0.238. The van der Waals surface area contributed by atoms with Crippen LogP contribution in [0, 0.1) is 0 Å². The fourth-order valence-corrected chi connectivity index (χ4v) is 4.44. The van der Waals surface area contributed by atoms with Gasteiger partial charge >= 0.3 is 0 Å². The van der Waals surface area contributed by atoms with E-state index in [-0.39, 0.29) is 5.54 Å². The number of rotatable bonds is 2. The Labute approximate surface area is 107 Å². The van der Waals surface area contributed by atoms with Crippen LogP contribution in [0.3, 0.4) is 0 Å². The summed E-state index contributed by atoms with van der Waals surface area (Å²) in [5.74, 6) is 1.21. The number of nitrogens with one attached hydrogen (secondary N) is 1. The molecule has 1 aliphatic heterocycles. The third-order valence-electron chi connectivity index (χ3n) is 3.40. The molecule has 0 amide bonds. The molecule has 0 aromatic heterocycles. The maximum Gasteiger partial charge on any atom is 0.157 e. The fourth-order valence-electron chi connectivity index (χ4n) is 2.28. The lowest BCUT2D eigenvalue weighted by Gasteiger charge is -2.32. The van der Waals surface area contributed by atoms with Crippen molar-refractivity contribution in [2.45, 2.75) is 56.4 Å². The Morgan fingerprint density at radius 1 is 1.44 bits per heavy atom. The van der Waals surface area contributed by atoms with Crippen molar-refractivity contribution in [3.8, 4) is 0 Å². The normalized spacial score (nSPS) is 36.3. The van der Waals surface area contributed by atoms with Crippen molar-refractivity contribution in [3.05, 3.63) is 0 Å². The molecule has 0 bridgehead atoms. The zero-order chi connectivity index (χ0) is 11.6. The van der Waals surface area contributed by atoms with Crippen LogP contribution in [0.4, 0.5) is 0 Å². The first kappa shape index (κ1) is 12.6. The molecular formula is C12H22N2S2. The van der Waals surface area contributed by atoms with Gasteiger partial charge in [0.1, 0.15) is 0 Å². The van der Waals surface area contributed by atoms with Crippen molar-refractivity contribution in [1.29, 1.82) is 0 Å². The zero-order valence-electron chi connectivity index (χ0n) is 10.5. The average molecular weight is 258 g/mol. The first-order valence-electron chi connectivity index (χ1n) is 6.11. The number of hydrogen-bond acceptors (Lipinski definition) is 3. The van der Waals surface area contributed by atoms with Crippen molar-refractivity contribution < 1.29 is 0 Å². The van der Waals surface area contributed by atoms with E-state index < -0.39 is 0 Å². The van der Waals surface area contributed by atoms with E-state index in [0.717, 1.165) is 5.25 Å². The van der Waals surface area contributed by atoms with Gasteiger partial charge in [0.25, 0.3) is 0 Å². The Kier molecular flexibility index (Phi) is 4.11. The molecule has 0 aromatic carbocycles. The molecule has 1 aliphatic carbocycles. The summed E-state index contributed by atoms with van der Waals surface area (Å²) in [6, 6.07) is 0.571. The van der Waals surface area contributed by atoms with Crippen LogP contribution in [0.2, 0.25) is 0 Å². The fraction of sp³-hybridized carbons (Fsp3) is 0.917. The van der Waals surface area contributed by atoms with E-state index in [1.54, 1.807) is 0 Å². The van der Waals surface area contributed by atoms with Gasteiger partial charge in [-0.05, 0) is 45.8 Å². The summed E-state index contributed by atoms with van der Waals surface area (Å²) in [5.41, 5.74) is 0.238. The van der Waals surface area contributed by atoms with Gasteiger partial charge in [0.15, 0.2) is 5.17 Å². The van der Waals surface area contributed by atoms with Gasteiger partial charge in [-0.1, -0.05) is 11.8 Å². The predicted octanol–water partition coefficient (Wildman–Crippen LogP) is 3.13. The molecule has 2 unspecified atom stereocenters. The van der Waals surface area contributed by atoms with E-state index in [2.05, 4.69) is 25.4 Å². The first-order valence-corrected chi connectivity index (χ1v) is 8.38. The molecule has 92 valence electrons. The number of hydrogen-bond donors (Lipinski definition) is 1. The van der Waals surface area contributed by atoms with Crippen molar-refractivity contribution in [2.24, 2.45) is 4.99 Å². The highest BCUT2D eigenvalue weighted by Crippen LogP contribution is 2.31. The van der Waals surface area contributed by atoms with Crippen molar-refractivity contribution >= 4 is 28.7 Å². The van der Waals surface area contributed by atoms with Gasteiger partial charge in [0.2, 0.25) is 0 Å². The summed E-state index contributed by atoms with van der Waals surface area (Å²) in [7, 11) is 0. The van der Waals surface area contributed by atoms with Crippen LogP contribution in [0.1, 0.15) is 39.5 Å². The Balaban J connectivity index is 1.92. The largest absolute Gasteiger partial charge is 0.360 e. The van der Waals surface area contributed by atoms with E-state index in [1.807, 2.05) is 23.5 Å². The van der Waals surface area contributed by atoms with Gasteiger partial charge in [-0.15, -0.1) is 0 Å². The van der Waals surface area contributed by atoms with E-state index in [9.17, 15) is 0 Å². The first-order chi connectivity index (χ1) is 7.59. The number of thioether (sulfide) groups is 2. The minimum Gasteiger partial charge on any atom is -0.360 e. The molecule has 0 spiro atoms. The number of amidine groups is 1. The monoisotopic (exact) mass is 258 g/mol. The van der Waals surface area contributed by atoms with Crippen LogP contribution < -0.4 is 5.32 Å². The van der Waals surface area contributed by atoms with E-state index in [0.29, 0.717) is 6.04 Å². The molecule has 0 aromatic rings. The maximum atomic E-state index is 4.88. The molecule has 1 N–H and O–H groups in total. The van der Waals surface area contributed by atoms with Crippen LogP contribution in [-0.4, -0.2) is 34.0 Å². The summed E-state index contributed by atoms with van der Waals surface area (Å²) in [6.07, 6.45) is 7.34. The molecule has 1 saturated heterocycles. The Hall–Kier alpha value is 0.170. The molecule has 2 fully saturated rings. The Bertz CT molecular complexity index is 276. The van der Waals surface area contributed by atoms with Crippen molar-refractivity contribution in [2.75, 3.05) is 12.0 Å². The number of nitrogens with zero attached hydrogens (tertiary/aromatic N) is 1. The third kappa shape index (κ3) is 3.33. The van der Waals surface area contributed by atoms with Crippen LogP contribution in [0.25, 0.3) is 0 Å². The smallest absolute Gasteiger partial charge is 0.157 e. The zero-order valence-corrected chi connectivity index (χ0v) is 12.1. The van der Waals surface area contributed by atoms with Gasteiger partial charge < -0.3 is 5.32 Å². The third-order valence-corrected chi connectivity index (χ3v) is 5.39. The molecular weight excluding hydrogens is 236 g/mol. The average Bonchev–Trinajstić information content (AvgIpc) is 2.64. The number of aliphatic imine (C=N–C) groups is 1. The predicted molar refractivity (Wildman–Crippen MR) is 76.7 cm³/mol. The Morgan fingerprint density at radius 2 is 2.25 bits per heavy atom. The van der Waals surface area contributed by atoms with Crippen molar-refractivity contribution in [3.63, 3.8) is 0 Å². The van der Waals surface area contributed by atoms with Crippen LogP contribution in [-0.2, 0) is 0 Å². The highest BCUT2D eigenvalue weighted by atomic mass is 32.2. The highest BCUT2D eigenvalue weighted by Gasteiger charge is 2.27. The second kappa shape index (κ2) is 5.21. The SMILES string of the molecule is CSC1CCC(N=C2NC(C)(C)CCS2)C1. The molecule has 1 saturated carbocycles. The molecule has 0 radical (unpaired) electrons. The van der Waals surface area contributed by atoms with Gasteiger partial charge in [-0.3, -0.25) is 4.99 Å². The van der Waals surface area contributed by atoms with Crippen LogP contribution in [0.5, 0.6) is 0 Å². The molecule has 2 atom stereocenters. The molecule has 2 rings (SSSR count). The highest BCUT2D eigenvalue weighted by molar-refractivity contribution is 8.13. The lowest BCUT2D eigenvalue weighted by atomic mass is 10.0. The lowest BCUT2D eigenvalue weighted by molar-refractivity contribution is 0.445. The molecule has 1 heterocycles. The maximum absolute atomic E-state index is 4.88. The van der Waals surface area contributed by atoms with Gasteiger partial charge in [-0.2, -0.15) is 11.8 Å². The summed E-state index contributed by atoms with van der Waals surface area (Å²) in [4.78, 5) is 4.88. The molecule has 2 nitrogen and oxygen atoms in total. The second-order valence-electron chi connectivity index (χ2n) is 5.37. The van der Waals surface area contributed by atoms with Gasteiger partial charge in [0.05, 0.1) is 6.04 Å². The standard InChI is InChI=1S/C12H22N2S2/c1-12(2)6-7-16-11(14-12)13-9-4-5-10(8-9)15-3/h9-10H,4-8H2,1-3H3,(H,13,14). The van der Waals surface area contributed by atoms with Crippen molar-refractivity contribution in [1.82, 2.24) is 5.32 Å². The Morgan fingerprint density at radius 3 is 2.88 bits per heavy atom. The minimum atomic E-state index is 0.238. The summed E-state index contributed by atoms with van der Waals surface area (Å²) in [5, 5.41) is 5.59. The quantitative estimate of drug-likeness (QED) is 0.823.